The van der Waals surface area contributed by atoms with E-state index in [0.29, 0.717) is 38.4 Å². The third kappa shape index (κ3) is 7.24. The predicted molar refractivity (Wildman–Crippen MR) is 182 cm³/mol. The highest BCUT2D eigenvalue weighted by Gasteiger charge is 2.33. The first kappa shape index (κ1) is 33.6. The second kappa shape index (κ2) is 13.3. The third-order valence-corrected chi connectivity index (χ3v) is 9.15. The van der Waals surface area contributed by atoms with Crippen molar-refractivity contribution in [2.45, 2.75) is 57.4 Å². The van der Waals surface area contributed by atoms with Crippen LogP contribution < -0.4 is 21.6 Å². The van der Waals surface area contributed by atoms with Crippen LogP contribution in [-0.4, -0.2) is 44.5 Å². The maximum Gasteiger partial charge on any atom is 0.433 e. The van der Waals surface area contributed by atoms with Crippen LogP contribution in [0.4, 0.5) is 30.2 Å². The average molecular weight is 697 g/mol. The standard InChI is InChI=1S/C34H34Cl2F3N9/c1-33(2,3)47-12-10-25(11-13-47)48-19-28(45-46-48)31(20-4-6-22(35)7-5-20)44-24-14-26-30(21(16-40)17-42-32(26)27(36)15-24)43-23-8-9-29(41-18-23)34(37,38)39/h4-9,14-15,17-19,25,31,44-46H,10-13H2,1-3H3,(H,42,43)/t31-/m0/s1. The Hall–Kier alpha value is -4.28. The van der Waals surface area contributed by atoms with Crippen molar-refractivity contribution < 1.29 is 13.2 Å². The first-order valence-electron chi connectivity index (χ1n) is 15.4. The molecule has 1 saturated heterocycles. The van der Waals surface area contributed by atoms with Gasteiger partial charge in [-0.15, -0.1) is 5.53 Å². The number of likely N-dealkylation sites (tertiary alicyclic amines) is 1. The number of benzene rings is 2. The minimum atomic E-state index is -4.57. The molecule has 2 aliphatic rings. The molecule has 0 aliphatic carbocycles. The van der Waals surface area contributed by atoms with Crippen molar-refractivity contribution in [3.63, 3.8) is 0 Å². The van der Waals surface area contributed by atoms with Crippen LogP contribution in [0.2, 0.25) is 10.0 Å². The number of piperidine rings is 1. The van der Waals surface area contributed by atoms with E-state index in [-0.39, 0.29) is 22.8 Å². The topological polar surface area (TPSA) is 104 Å². The van der Waals surface area contributed by atoms with Crippen molar-refractivity contribution in [2.75, 3.05) is 23.7 Å². The minimum Gasteiger partial charge on any atom is -0.373 e. The second-order valence-corrected chi connectivity index (χ2v) is 13.7. The summed E-state index contributed by atoms with van der Waals surface area (Å²) in [5, 5.41) is 20.1. The molecule has 0 bridgehead atoms. The Morgan fingerprint density at radius 3 is 2.33 bits per heavy atom. The van der Waals surface area contributed by atoms with Crippen LogP contribution >= 0.6 is 23.2 Å². The molecule has 14 heteroatoms. The third-order valence-electron chi connectivity index (χ3n) is 8.61. The molecule has 2 aliphatic heterocycles. The summed E-state index contributed by atoms with van der Waals surface area (Å²) >= 11 is 13.0. The van der Waals surface area contributed by atoms with Gasteiger partial charge in [0.2, 0.25) is 0 Å². The second-order valence-electron chi connectivity index (χ2n) is 12.8. The Labute approximate surface area is 286 Å². The number of nitrogens with zero attached hydrogens (tertiary/aromatic N) is 5. The molecule has 1 fully saturated rings. The molecule has 0 unspecified atom stereocenters. The smallest absolute Gasteiger partial charge is 0.373 e. The number of pyridine rings is 2. The minimum absolute atomic E-state index is 0.126. The number of nitrogens with one attached hydrogen (secondary N) is 4. The van der Waals surface area contributed by atoms with Gasteiger partial charge in [-0.2, -0.15) is 18.4 Å². The maximum absolute atomic E-state index is 13.1. The van der Waals surface area contributed by atoms with Gasteiger partial charge in [0.05, 0.1) is 45.4 Å². The molecule has 4 aromatic rings. The van der Waals surface area contributed by atoms with Crippen molar-refractivity contribution in [3.8, 4) is 6.07 Å². The lowest BCUT2D eigenvalue weighted by atomic mass is 9.98. The van der Waals surface area contributed by atoms with E-state index in [1.165, 1.54) is 12.3 Å². The van der Waals surface area contributed by atoms with E-state index >= 15 is 0 Å². The molecule has 2 aromatic heterocycles. The van der Waals surface area contributed by atoms with Crippen molar-refractivity contribution >= 4 is 51.2 Å². The van der Waals surface area contributed by atoms with Gasteiger partial charge in [0.25, 0.3) is 0 Å². The van der Waals surface area contributed by atoms with Crippen LogP contribution in [0.15, 0.2) is 72.8 Å². The van der Waals surface area contributed by atoms with E-state index in [1.54, 1.807) is 12.1 Å². The molecule has 250 valence electrons. The Kier molecular flexibility index (Phi) is 9.33. The van der Waals surface area contributed by atoms with Crippen LogP contribution in [0.5, 0.6) is 0 Å². The number of halogens is 5. The number of aromatic nitrogens is 2. The lowest BCUT2D eigenvalue weighted by molar-refractivity contribution is -0.141. The van der Waals surface area contributed by atoms with Crippen molar-refractivity contribution in [1.29, 1.82) is 5.26 Å². The van der Waals surface area contributed by atoms with Crippen molar-refractivity contribution in [1.82, 2.24) is 30.8 Å². The molecule has 0 radical (unpaired) electrons. The molecule has 9 nitrogen and oxygen atoms in total. The van der Waals surface area contributed by atoms with E-state index in [9.17, 15) is 18.4 Å². The Morgan fingerprint density at radius 2 is 1.71 bits per heavy atom. The summed E-state index contributed by atoms with van der Waals surface area (Å²) in [5.74, 6) is 0. The van der Waals surface area contributed by atoms with Gasteiger partial charge in [0, 0.05) is 53.2 Å². The molecular formula is C34H34Cl2F3N9. The van der Waals surface area contributed by atoms with E-state index in [0.717, 1.165) is 49.5 Å². The molecule has 0 spiro atoms. The summed E-state index contributed by atoms with van der Waals surface area (Å²) in [7, 11) is 0. The SMILES string of the molecule is CC(C)(C)N1CCC(N2C=C([C@@H](Nc3cc(Cl)c4ncc(C#N)c(Nc5ccc(C(F)(F)F)nc5)c4c3)c3ccc(Cl)cc3)NN2)CC1. The molecule has 2 aromatic carbocycles. The van der Waals surface area contributed by atoms with E-state index in [4.69, 9.17) is 23.2 Å². The number of alkyl halides is 3. The summed E-state index contributed by atoms with van der Waals surface area (Å²) in [6.07, 6.45) is 1.96. The van der Waals surface area contributed by atoms with Gasteiger partial charge < -0.3 is 16.1 Å². The number of rotatable bonds is 7. The summed E-state index contributed by atoms with van der Waals surface area (Å²) in [6.45, 7) is 8.73. The van der Waals surface area contributed by atoms with E-state index < -0.39 is 11.9 Å². The highest BCUT2D eigenvalue weighted by molar-refractivity contribution is 6.36. The fraction of sp³-hybridized carbons (Fsp3) is 0.324. The Balaban J connectivity index is 1.33. The molecule has 4 N–H and O–H groups in total. The fourth-order valence-corrected chi connectivity index (χ4v) is 6.40. The zero-order chi connectivity index (χ0) is 34.2. The summed E-state index contributed by atoms with van der Waals surface area (Å²) in [4.78, 5) is 10.4. The number of anilines is 3. The number of hydrogen-bond donors (Lipinski definition) is 4. The zero-order valence-electron chi connectivity index (χ0n) is 26.5. The van der Waals surface area contributed by atoms with E-state index in [2.05, 4.69) is 74.5 Å². The van der Waals surface area contributed by atoms with Gasteiger partial charge in [-0.25, -0.2) is 4.98 Å². The van der Waals surface area contributed by atoms with Gasteiger partial charge in [0.1, 0.15) is 11.8 Å². The summed E-state index contributed by atoms with van der Waals surface area (Å²) in [5.41, 5.74) is 9.40. The number of hydrogen-bond acceptors (Lipinski definition) is 9. The molecule has 0 saturated carbocycles. The van der Waals surface area contributed by atoms with Crippen molar-refractivity contribution in [3.05, 3.63) is 99.7 Å². The lowest BCUT2D eigenvalue weighted by Gasteiger charge is -2.42. The van der Waals surface area contributed by atoms with Crippen LogP contribution in [0.1, 0.15) is 56.5 Å². The first-order chi connectivity index (χ1) is 22.8. The summed E-state index contributed by atoms with van der Waals surface area (Å²) in [6, 6.07) is 15.3. The van der Waals surface area contributed by atoms with Gasteiger partial charge >= 0.3 is 6.18 Å². The summed E-state index contributed by atoms with van der Waals surface area (Å²) < 4.78 is 39.3. The Morgan fingerprint density at radius 1 is 0.979 bits per heavy atom. The number of hydrazine groups is 2. The molecule has 4 heterocycles. The number of fused-ring (bicyclic) bond motifs is 1. The normalized spacial score (nSPS) is 16.7. The van der Waals surface area contributed by atoms with Crippen LogP contribution in [0.25, 0.3) is 10.9 Å². The van der Waals surface area contributed by atoms with Gasteiger partial charge in [-0.3, -0.25) is 14.9 Å². The lowest BCUT2D eigenvalue weighted by Crippen LogP contribution is -2.52. The molecule has 1 atom stereocenters. The fourth-order valence-electron chi connectivity index (χ4n) is 6.01. The monoisotopic (exact) mass is 695 g/mol. The molecule has 6 rings (SSSR count). The highest BCUT2D eigenvalue weighted by Crippen LogP contribution is 2.38. The number of nitriles is 1. The molecule has 0 amide bonds. The van der Waals surface area contributed by atoms with E-state index in [1.807, 2.05) is 24.3 Å². The molecular weight excluding hydrogens is 662 g/mol. The van der Waals surface area contributed by atoms with Gasteiger partial charge in [-0.1, -0.05) is 35.3 Å². The van der Waals surface area contributed by atoms with Crippen molar-refractivity contribution in [2.24, 2.45) is 0 Å². The van der Waals surface area contributed by atoms with Crippen LogP contribution in [0, 0.1) is 11.3 Å². The Bertz CT molecular complexity index is 1860. The average Bonchev–Trinajstić information content (AvgIpc) is 3.54. The predicted octanol–water partition coefficient (Wildman–Crippen LogP) is 8.15. The largest absolute Gasteiger partial charge is 0.433 e. The highest BCUT2D eigenvalue weighted by atomic mass is 35.5. The van der Waals surface area contributed by atoms with Gasteiger partial charge in [-0.05, 0) is 75.6 Å². The maximum atomic E-state index is 13.1. The zero-order valence-corrected chi connectivity index (χ0v) is 28.0. The first-order valence-corrected chi connectivity index (χ1v) is 16.2. The van der Waals surface area contributed by atoms with Crippen LogP contribution in [-0.2, 0) is 6.18 Å². The van der Waals surface area contributed by atoms with Crippen LogP contribution in [0.3, 0.4) is 0 Å². The molecule has 48 heavy (non-hydrogen) atoms. The quantitative estimate of drug-likeness (QED) is 0.152. The van der Waals surface area contributed by atoms with Gasteiger partial charge in [0.15, 0.2) is 0 Å².